The molecule has 0 aliphatic carbocycles. The van der Waals surface area contributed by atoms with Crippen LogP contribution in [-0.2, 0) is 6.54 Å². The normalized spacial score (nSPS) is 10.9. The second-order valence-electron chi connectivity index (χ2n) is 5.37. The minimum atomic E-state index is -0.464. The summed E-state index contributed by atoms with van der Waals surface area (Å²) < 4.78 is 20.7. The SMILES string of the molecule is O=C(NCc1ccccc1F)c1oc2ncnn2c1-c1ccccc1. The number of nitrogens with one attached hydrogen (secondary N) is 1. The number of hydrogen-bond acceptors (Lipinski definition) is 4. The standard InChI is InChI=1S/C18H13FN4O2/c19-14-9-5-4-8-13(14)10-20-17(24)16-15(12-6-2-1-3-7-12)23-18(25-16)21-11-22-23/h1-9,11H,10H2,(H,20,24). The second-order valence-corrected chi connectivity index (χ2v) is 5.37. The van der Waals surface area contributed by atoms with Gasteiger partial charge in [-0.2, -0.15) is 14.6 Å². The lowest BCUT2D eigenvalue weighted by molar-refractivity contribution is 0.0925. The maximum atomic E-state index is 13.7. The highest BCUT2D eigenvalue weighted by Crippen LogP contribution is 2.26. The van der Waals surface area contributed by atoms with E-state index in [9.17, 15) is 9.18 Å². The van der Waals surface area contributed by atoms with Gasteiger partial charge in [0.15, 0.2) is 0 Å². The third kappa shape index (κ3) is 2.76. The average Bonchev–Trinajstić information content (AvgIpc) is 3.22. The van der Waals surface area contributed by atoms with Crippen LogP contribution in [0.5, 0.6) is 0 Å². The maximum Gasteiger partial charge on any atom is 0.325 e. The summed E-state index contributed by atoms with van der Waals surface area (Å²) in [6.45, 7) is 0.0518. The molecule has 124 valence electrons. The molecule has 1 amide bonds. The van der Waals surface area contributed by atoms with Crippen LogP contribution in [0.1, 0.15) is 16.1 Å². The molecule has 6 nitrogen and oxygen atoms in total. The zero-order chi connectivity index (χ0) is 17.2. The predicted octanol–water partition coefficient (Wildman–Crippen LogP) is 3.06. The third-order valence-corrected chi connectivity index (χ3v) is 3.79. The first-order valence-corrected chi connectivity index (χ1v) is 7.63. The molecule has 0 atom stereocenters. The molecule has 2 aromatic heterocycles. The van der Waals surface area contributed by atoms with Crippen LogP contribution in [0.25, 0.3) is 17.1 Å². The first kappa shape index (κ1) is 15.1. The number of hydrogen-bond donors (Lipinski definition) is 1. The van der Waals surface area contributed by atoms with Gasteiger partial charge in [-0.05, 0) is 6.07 Å². The molecule has 1 N–H and O–H groups in total. The number of aromatic nitrogens is 3. The van der Waals surface area contributed by atoms with Crippen molar-refractivity contribution in [3.63, 3.8) is 0 Å². The molecule has 2 heterocycles. The van der Waals surface area contributed by atoms with E-state index in [1.807, 2.05) is 30.3 Å². The zero-order valence-corrected chi connectivity index (χ0v) is 13.0. The molecule has 0 saturated carbocycles. The van der Waals surface area contributed by atoms with Gasteiger partial charge in [-0.3, -0.25) is 4.79 Å². The number of benzene rings is 2. The minimum Gasteiger partial charge on any atom is -0.416 e. The minimum absolute atomic E-state index is 0.0518. The van der Waals surface area contributed by atoms with Crippen LogP contribution in [0, 0.1) is 5.82 Å². The zero-order valence-electron chi connectivity index (χ0n) is 13.0. The Morgan fingerprint density at radius 2 is 1.88 bits per heavy atom. The van der Waals surface area contributed by atoms with E-state index in [2.05, 4.69) is 15.4 Å². The summed E-state index contributed by atoms with van der Waals surface area (Å²) in [7, 11) is 0. The Hall–Kier alpha value is -3.48. The Kier molecular flexibility index (Phi) is 3.74. The van der Waals surface area contributed by atoms with E-state index >= 15 is 0 Å². The van der Waals surface area contributed by atoms with Crippen molar-refractivity contribution in [1.29, 1.82) is 0 Å². The number of nitrogens with zero attached hydrogens (tertiary/aromatic N) is 3. The molecular weight excluding hydrogens is 323 g/mol. The van der Waals surface area contributed by atoms with E-state index in [-0.39, 0.29) is 24.0 Å². The summed E-state index contributed by atoms with van der Waals surface area (Å²) in [4.78, 5) is 16.6. The van der Waals surface area contributed by atoms with Crippen molar-refractivity contribution in [3.8, 4) is 11.3 Å². The molecule has 0 aliphatic rings. The topological polar surface area (TPSA) is 72.4 Å². The van der Waals surface area contributed by atoms with Crippen LogP contribution < -0.4 is 5.32 Å². The molecule has 0 fully saturated rings. The predicted molar refractivity (Wildman–Crippen MR) is 88.3 cm³/mol. The van der Waals surface area contributed by atoms with Crippen LogP contribution >= 0.6 is 0 Å². The number of halogens is 1. The van der Waals surface area contributed by atoms with Crippen molar-refractivity contribution in [1.82, 2.24) is 19.9 Å². The van der Waals surface area contributed by atoms with Crippen molar-refractivity contribution in [2.45, 2.75) is 6.54 Å². The number of carbonyl (C=O) groups is 1. The number of rotatable bonds is 4. The van der Waals surface area contributed by atoms with Gasteiger partial charge >= 0.3 is 5.84 Å². The highest BCUT2D eigenvalue weighted by atomic mass is 19.1. The van der Waals surface area contributed by atoms with Crippen molar-refractivity contribution < 1.29 is 13.6 Å². The van der Waals surface area contributed by atoms with Crippen LogP contribution in [0.2, 0.25) is 0 Å². The number of amides is 1. The Bertz CT molecular complexity index is 1040. The molecule has 2 aromatic carbocycles. The van der Waals surface area contributed by atoms with E-state index in [1.54, 1.807) is 18.2 Å². The molecule has 7 heteroatoms. The van der Waals surface area contributed by atoms with E-state index < -0.39 is 5.91 Å². The lowest BCUT2D eigenvalue weighted by Crippen LogP contribution is -2.23. The molecule has 0 spiro atoms. The van der Waals surface area contributed by atoms with E-state index in [1.165, 1.54) is 16.9 Å². The average molecular weight is 336 g/mol. The number of carbonyl (C=O) groups excluding carboxylic acids is 1. The Morgan fingerprint density at radius 3 is 2.68 bits per heavy atom. The molecular formula is C18H13FN4O2. The van der Waals surface area contributed by atoms with E-state index in [0.29, 0.717) is 11.3 Å². The third-order valence-electron chi connectivity index (χ3n) is 3.79. The molecule has 4 rings (SSSR count). The summed E-state index contributed by atoms with van der Waals surface area (Å²) in [6.07, 6.45) is 1.35. The largest absolute Gasteiger partial charge is 0.416 e. The van der Waals surface area contributed by atoms with Crippen molar-refractivity contribution in [2.24, 2.45) is 0 Å². The van der Waals surface area contributed by atoms with Gasteiger partial charge in [-0.15, -0.1) is 0 Å². The molecule has 0 bridgehead atoms. The van der Waals surface area contributed by atoms with Gasteiger partial charge in [0, 0.05) is 17.7 Å². The number of fused-ring (bicyclic) bond motifs is 1. The van der Waals surface area contributed by atoms with Crippen LogP contribution in [0.15, 0.2) is 65.3 Å². The second kappa shape index (κ2) is 6.20. The van der Waals surface area contributed by atoms with Crippen LogP contribution in [0.4, 0.5) is 4.39 Å². The quantitative estimate of drug-likeness (QED) is 0.622. The summed E-state index contributed by atoms with van der Waals surface area (Å²) in [5.41, 5.74) is 1.66. The Labute approximate surface area is 141 Å². The van der Waals surface area contributed by atoms with Gasteiger partial charge in [0.25, 0.3) is 5.91 Å². The summed E-state index contributed by atoms with van der Waals surface area (Å²) in [5.74, 6) is -0.538. The fourth-order valence-corrected chi connectivity index (χ4v) is 2.59. The van der Waals surface area contributed by atoms with Crippen LogP contribution in [0.3, 0.4) is 0 Å². The maximum absolute atomic E-state index is 13.7. The van der Waals surface area contributed by atoms with Crippen LogP contribution in [-0.4, -0.2) is 20.5 Å². The van der Waals surface area contributed by atoms with Gasteiger partial charge in [-0.1, -0.05) is 48.5 Å². The number of oxazole rings is 1. The molecule has 25 heavy (non-hydrogen) atoms. The Morgan fingerprint density at radius 1 is 1.12 bits per heavy atom. The summed E-state index contributed by atoms with van der Waals surface area (Å²) in [5, 5.41) is 6.78. The first-order chi connectivity index (χ1) is 12.2. The summed E-state index contributed by atoms with van der Waals surface area (Å²) in [6, 6.07) is 15.6. The van der Waals surface area contributed by atoms with Gasteiger partial charge in [0.2, 0.25) is 5.76 Å². The lowest BCUT2D eigenvalue weighted by atomic mass is 10.1. The smallest absolute Gasteiger partial charge is 0.325 e. The van der Waals surface area contributed by atoms with Crippen molar-refractivity contribution in [3.05, 3.63) is 78.1 Å². The van der Waals surface area contributed by atoms with Crippen molar-refractivity contribution in [2.75, 3.05) is 0 Å². The molecule has 0 saturated heterocycles. The van der Waals surface area contributed by atoms with Crippen molar-refractivity contribution >= 4 is 11.8 Å². The fraction of sp³-hybridized carbons (Fsp3) is 0.0556. The molecule has 0 radical (unpaired) electrons. The van der Waals surface area contributed by atoms with Gasteiger partial charge in [0.05, 0.1) is 0 Å². The molecule has 4 aromatic rings. The molecule has 0 unspecified atom stereocenters. The molecule has 0 aliphatic heterocycles. The van der Waals surface area contributed by atoms with Gasteiger partial charge < -0.3 is 9.73 Å². The first-order valence-electron chi connectivity index (χ1n) is 7.63. The highest BCUT2D eigenvalue weighted by molar-refractivity contribution is 5.97. The van der Waals surface area contributed by atoms with E-state index in [0.717, 1.165) is 5.56 Å². The fourth-order valence-electron chi connectivity index (χ4n) is 2.59. The van der Waals surface area contributed by atoms with E-state index in [4.69, 9.17) is 4.42 Å². The lowest BCUT2D eigenvalue weighted by Gasteiger charge is -2.06. The van der Waals surface area contributed by atoms with Gasteiger partial charge in [-0.25, -0.2) is 4.39 Å². The Balaban J connectivity index is 1.68. The monoisotopic (exact) mass is 336 g/mol. The summed E-state index contributed by atoms with van der Waals surface area (Å²) >= 11 is 0. The highest BCUT2D eigenvalue weighted by Gasteiger charge is 2.23. The van der Waals surface area contributed by atoms with Gasteiger partial charge in [0.1, 0.15) is 17.8 Å².